The average Bonchev–Trinajstić information content (AvgIpc) is 2.88. The predicted molar refractivity (Wildman–Crippen MR) is 156 cm³/mol. The fraction of sp³-hybridized carbons (Fsp3) is 0.552. The highest BCUT2D eigenvalue weighted by atomic mass is 31.2. The predicted octanol–water partition coefficient (Wildman–Crippen LogP) is 5.54. The molecule has 206 valence electrons. The van der Waals surface area contributed by atoms with Crippen LogP contribution < -0.4 is 10.6 Å². The van der Waals surface area contributed by atoms with Gasteiger partial charge in [-0.3, -0.25) is 4.79 Å². The molecule has 0 N–H and O–H groups in total. The zero-order chi connectivity index (χ0) is 27.5. The van der Waals surface area contributed by atoms with Crippen molar-refractivity contribution in [3.63, 3.8) is 0 Å². The minimum atomic E-state index is -3.12. The van der Waals surface area contributed by atoms with Crippen molar-refractivity contribution in [1.29, 1.82) is 0 Å². The molecule has 0 saturated carbocycles. The molecule has 1 amide bonds. The Hall–Kier alpha value is -1.76. The van der Waals surface area contributed by atoms with Crippen LogP contribution in [0.3, 0.4) is 0 Å². The highest BCUT2D eigenvalue weighted by molar-refractivity contribution is 7.79. The van der Waals surface area contributed by atoms with E-state index in [0.29, 0.717) is 19.0 Å². The van der Waals surface area contributed by atoms with Crippen molar-refractivity contribution in [3.05, 3.63) is 59.7 Å². The number of carbonyl (C=O) groups is 1. The summed E-state index contributed by atoms with van der Waals surface area (Å²) < 4.78 is 31.1. The van der Waals surface area contributed by atoms with Crippen LogP contribution in [0, 0.1) is 19.8 Å². The second kappa shape index (κ2) is 15.0. The van der Waals surface area contributed by atoms with Gasteiger partial charge in [0.05, 0.1) is 6.16 Å². The van der Waals surface area contributed by atoms with Crippen molar-refractivity contribution in [2.24, 2.45) is 5.92 Å². The van der Waals surface area contributed by atoms with E-state index in [0.717, 1.165) is 53.5 Å². The molecule has 0 radical (unpaired) electrons. The van der Waals surface area contributed by atoms with Crippen LogP contribution in [0.2, 0.25) is 6.04 Å². The Morgan fingerprint density at radius 2 is 1.27 bits per heavy atom. The number of benzene rings is 2. The molecule has 37 heavy (non-hydrogen) atoms. The van der Waals surface area contributed by atoms with Crippen LogP contribution in [0.25, 0.3) is 0 Å². The van der Waals surface area contributed by atoms with E-state index in [2.05, 4.69) is 13.8 Å². The molecule has 2 aromatic carbocycles. The van der Waals surface area contributed by atoms with Gasteiger partial charge < -0.3 is 22.7 Å². The van der Waals surface area contributed by atoms with Gasteiger partial charge in [-0.15, -0.1) is 0 Å². The first-order valence-corrected chi connectivity index (χ1v) is 17.1. The van der Waals surface area contributed by atoms with Crippen LogP contribution in [-0.2, 0) is 22.6 Å². The maximum absolute atomic E-state index is 14.6. The lowest BCUT2D eigenvalue weighted by atomic mass is 10.1. The standard InChI is InChI=1S/C29H46NO5PSi/c1-24(2)22-30(20-10-8-9-11-21-37(33-5,34-6)35-7)29(31)23-36(32,27-16-12-25(3)13-17-27)28-18-14-26(4)15-19-28/h12-19,24H,8-11,20-23H2,1-7H3. The number of unbranched alkanes of at least 4 members (excludes halogenated alkanes) is 3. The van der Waals surface area contributed by atoms with Crippen LogP contribution in [0.15, 0.2) is 48.5 Å². The molecule has 0 saturated heterocycles. The van der Waals surface area contributed by atoms with Crippen LogP contribution in [-0.4, -0.2) is 60.2 Å². The molecule has 6 nitrogen and oxygen atoms in total. The number of nitrogens with zero attached hydrogens (tertiary/aromatic N) is 1. The Balaban J connectivity index is 2.10. The Kier molecular flexibility index (Phi) is 12.7. The van der Waals surface area contributed by atoms with Crippen molar-refractivity contribution < 1.29 is 22.6 Å². The smallest absolute Gasteiger partial charge is 0.377 e. The number of amides is 1. The number of carbonyl (C=O) groups excluding carboxylic acids is 1. The molecule has 0 aromatic heterocycles. The van der Waals surface area contributed by atoms with Crippen LogP contribution in [0.4, 0.5) is 0 Å². The average molecular weight is 548 g/mol. The van der Waals surface area contributed by atoms with Crippen molar-refractivity contribution in [2.75, 3.05) is 40.6 Å². The van der Waals surface area contributed by atoms with E-state index in [1.165, 1.54) is 0 Å². The van der Waals surface area contributed by atoms with E-state index in [1.54, 1.807) is 21.3 Å². The summed E-state index contributed by atoms with van der Waals surface area (Å²) in [5, 5.41) is 1.48. The van der Waals surface area contributed by atoms with Gasteiger partial charge in [-0.25, -0.2) is 0 Å². The number of hydrogen-bond donors (Lipinski definition) is 0. The first-order chi connectivity index (χ1) is 17.6. The van der Waals surface area contributed by atoms with Gasteiger partial charge >= 0.3 is 8.80 Å². The molecule has 0 unspecified atom stereocenters. The van der Waals surface area contributed by atoms with Gasteiger partial charge in [0.25, 0.3) is 0 Å². The molecule has 0 bridgehead atoms. The minimum absolute atomic E-state index is 0.00940. The summed E-state index contributed by atoms with van der Waals surface area (Å²) in [4.78, 5) is 15.6. The van der Waals surface area contributed by atoms with Crippen LogP contribution in [0.5, 0.6) is 0 Å². The summed E-state index contributed by atoms with van der Waals surface area (Å²) >= 11 is 0. The third kappa shape index (κ3) is 9.19. The minimum Gasteiger partial charge on any atom is -0.377 e. The summed E-state index contributed by atoms with van der Waals surface area (Å²) in [6.07, 6.45) is 3.88. The Morgan fingerprint density at radius 1 is 0.811 bits per heavy atom. The van der Waals surface area contributed by atoms with Gasteiger partial charge in [0.15, 0.2) is 7.14 Å². The van der Waals surface area contributed by atoms with E-state index in [1.807, 2.05) is 67.3 Å². The Morgan fingerprint density at radius 3 is 1.70 bits per heavy atom. The van der Waals surface area contributed by atoms with Gasteiger partial charge in [0, 0.05) is 51.1 Å². The summed E-state index contributed by atoms with van der Waals surface area (Å²) in [6, 6.07) is 16.3. The number of hydrogen-bond acceptors (Lipinski definition) is 5. The van der Waals surface area contributed by atoms with E-state index >= 15 is 0 Å². The van der Waals surface area contributed by atoms with Crippen LogP contribution in [0.1, 0.15) is 50.7 Å². The summed E-state index contributed by atoms with van der Waals surface area (Å²) in [5.41, 5.74) is 2.21. The summed E-state index contributed by atoms with van der Waals surface area (Å²) in [5.74, 6) is 0.293. The highest BCUT2D eigenvalue weighted by Gasteiger charge is 2.37. The van der Waals surface area contributed by atoms with Crippen molar-refractivity contribution in [2.45, 2.75) is 59.4 Å². The van der Waals surface area contributed by atoms with Crippen LogP contribution >= 0.6 is 7.14 Å². The molecule has 0 aliphatic rings. The molecule has 0 aliphatic heterocycles. The van der Waals surface area contributed by atoms with Gasteiger partial charge in [0.1, 0.15) is 0 Å². The molecule has 8 heteroatoms. The van der Waals surface area contributed by atoms with E-state index in [9.17, 15) is 9.36 Å². The monoisotopic (exact) mass is 547 g/mol. The van der Waals surface area contributed by atoms with Gasteiger partial charge in [-0.05, 0) is 32.6 Å². The second-order valence-corrected chi connectivity index (χ2v) is 16.2. The van der Waals surface area contributed by atoms with E-state index < -0.39 is 15.9 Å². The topological polar surface area (TPSA) is 65.1 Å². The molecule has 0 spiro atoms. The lowest BCUT2D eigenvalue weighted by molar-refractivity contribution is -0.129. The van der Waals surface area contributed by atoms with Gasteiger partial charge in [-0.2, -0.15) is 0 Å². The molecule has 0 atom stereocenters. The fourth-order valence-corrected chi connectivity index (χ4v) is 8.81. The van der Waals surface area contributed by atoms with Crippen molar-refractivity contribution >= 4 is 32.5 Å². The third-order valence-electron chi connectivity index (χ3n) is 6.79. The third-order valence-corrected chi connectivity index (χ3v) is 12.6. The first kappa shape index (κ1) is 31.5. The molecule has 0 heterocycles. The van der Waals surface area contributed by atoms with Crippen molar-refractivity contribution in [3.8, 4) is 0 Å². The second-order valence-electron chi connectivity index (χ2n) is 10.3. The quantitative estimate of drug-likeness (QED) is 0.157. The van der Waals surface area contributed by atoms with E-state index in [4.69, 9.17) is 13.3 Å². The summed E-state index contributed by atoms with van der Waals surface area (Å²) in [6.45, 7) is 9.58. The lowest BCUT2D eigenvalue weighted by Crippen LogP contribution is -2.42. The van der Waals surface area contributed by atoms with E-state index in [-0.39, 0.29) is 12.1 Å². The largest absolute Gasteiger partial charge is 0.500 e. The highest BCUT2D eigenvalue weighted by Crippen LogP contribution is 2.43. The molecule has 0 fully saturated rings. The zero-order valence-electron chi connectivity index (χ0n) is 23.8. The normalized spacial score (nSPS) is 12.2. The maximum atomic E-state index is 14.6. The summed E-state index contributed by atoms with van der Waals surface area (Å²) in [7, 11) is -0.740. The fourth-order valence-electron chi connectivity index (χ4n) is 4.51. The maximum Gasteiger partial charge on any atom is 0.500 e. The lowest BCUT2D eigenvalue weighted by Gasteiger charge is -2.28. The zero-order valence-corrected chi connectivity index (χ0v) is 25.7. The molecule has 2 aromatic rings. The Bertz CT molecular complexity index is 948. The van der Waals surface area contributed by atoms with Gasteiger partial charge in [0.2, 0.25) is 5.91 Å². The SMILES string of the molecule is CO[Si](CCCCCCN(CC(C)C)C(=O)CP(=O)(c1ccc(C)cc1)c1ccc(C)cc1)(OC)OC. The first-order valence-electron chi connectivity index (χ1n) is 13.3. The van der Waals surface area contributed by atoms with Crippen molar-refractivity contribution in [1.82, 2.24) is 4.90 Å². The van der Waals surface area contributed by atoms with Gasteiger partial charge in [-0.1, -0.05) is 86.3 Å². The number of aryl methyl sites for hydroxylation is 2. The molecule has 2 rings (SSSR count). The number of rotatable bonds is 16. The Labute approximate surface area is 225 Å². The molecular weight excluding hydrogens is 501 g/mol. The molecular formula is C29H46NO5PSi. The molecule has 0 aliphatic carbocycles.